The summed E-state index contributed by atoms with van der Waals surface area (Å²) in [4.78, 5) is 34.5. The molecule has 0 saturated carbocycles. The molecule has 8 heteroatoms. The SMILES string of the molecule is COc1ccccc1-n1ccc(C)c(C(=O)NCCc2cn3cccnc3n2)c1=O. The fourth-order valence-corrected chi connectivity index (χ4v) is 3.31. The summed E-state index contributed by atoms with van der Waals surface area (Å²) < 4.78 is 8.60. The number of nitrogens with zero attached hydrogens (tertiary/aromatic N) is 4. The molecule has 3 heterocycles. The molecule has 0 spiro atoms. The van der Waals surface area contributed by atoms with Gasteiger partial charge in [0.15, 0.2) is 0 Å². The van der Waals surface area contributed by atoms with E-state index in [9.17, 15) is 9.59 Å². The van der Waals surface area contributed by atoms with Gasteiger partial charge >= 0.3 is 0 Å². The summed E-state index contributed by atoms with van der Waals surface area (Å²) in [5.41, 5.74) is 1.72. The van der Waals surface area contributed by atoms with Crippen molar-refractivity contribution < 1.29 is 9.53 Å². The molecular weight excluding hydrogens is 382 g/mol. The van der Waals surface area contributed by atoms with Gasteiger partial charge in [-0.1, -0.05) is 12.1 Å². The van der Waals surface area contributed by atoms with Crippen LogP contribution in [-0.2, 0) is 6.42 Å². The molecule has 1 N–H and O–H groups in total. The second-order valence-corrected chi connectivity index (χ2v) is 6.79. The summed E-state index contributed by atoms with van der Waals surface area (Å²) in [6.45, 7) is 2.10. The largest absolute Gasteiger partial charge is 0.495 e. The fraction of sp³-hybridized carbons (Fsp3) is 0.182. The Morgan fingerprint density at radius 2 is 2.00 bits per heavy atom. The molecule has 0 atom stereocenters. The van der Waals surface area contributed by atoms with Crippen LogP contribution in [0.2, 0.25) is 0 Å². The van der Waals surface area contributed by atoms with E-state index >= 15 is 0 Å². The maximum atomic E-state index is 13.1. The molecule has 4 aromatic rings. The van der Waals surface area contributed by atoms with Crippen LogP contribution in [0.5, 0.6) is 5.75 Å². The first-order valence-electron chi connectivity index (χ1n) is 9.51. The Morgan fingerprint density at radius 1 is 1.17 bits per heavy atom. The number of rotatable bonds is 6. The summed E-state index contributed by atoms with van der Waals surface area (Å²) in [6.07, 6.45) is 7.60. The van der Waals surface area contributed by atoms with Crippen molar-refractivity contribution in [3.05, 3.63) is 88.4 Å². The molecule has 0 saturated heterocycles. The Hall–Kier alpha value is -3.94. The monoisotopic (exact) mass is 403 g/mol. The van der Waals surface area contributed by atoms with E-state index in [0.29, 0.717) is 35.7 Å². The predicted molar refractivity (Wildman–Crippen MR) is 112 cm³/mol. The molecular formula is C22H21N5O3. The number of aryl methyl sites for hydroxylation is 1. The van der Waals surface area contributed by atoms with Crippen molar-refractivity contribution in [2.24, 2.45) is 0 Å². The van der Waals surface area contributed by atoms with Crippen LogP contribution in [-0.4, -0.2) is 38.5 Å². The molecule has 0 unspecified atom stereocenters. The van der Waals surface area contributed by atoms with Gasteiger partial charge in [0, 0.05) is 37.8 Å². The second-order valence-electron chi connectivity index (χ2n) is 6.79. The van der Waals surface area contributed by atoms with Crippen molar-refractivity contribution in [3.8, 4) is 11.4 Å². The minimum atomic E-state index is -0.413. The van der Waals surface area contributed by atoms with E-state index in [-0.39, 0.29) is 5.56 Å². The number of carbonyl (C=O) groups is 1. The third kappa shape index (κ3) is 3.67. The average molecular weight is 403 g/mol. The molecule has 4 rings (SSSR count). The van der Waals surface area contributed by atoms with Crippen LogP contribution >= 0.6 is 0 Å². The normalized spacial score (nSPS) is 10.9. The highest BCUT2D eigenvalue weighted by Gasteiger charge is 2.17. The predicted octanol–water partition coefficient (Wildman–Crippen LogP) is 2.17. The van der Waals surface area contributed by atoms with Crippen LogP contribution in [0.3, 0.4) is 0 Å². The van der Waals surface area contributed by atoms with Gasteiger partial charge in [-0.2, -0.15) is 0 Å². The van der Waals surface area contributed by atoms with Crippen molar-refractivity contribution in [2.75, 3.05) is 13.7 Å². The first kappa shape index (κ1) is 19.4. The summed E-state index contributed by atoms with van der Waals surface area (Å²) in [7, 11) is 1.54. The number of carbonyl (C=O) groups excluding carboxylic acids is 1. The number of hydrogen-bond acceptors (Lipinski definition) is 5. The van der Waals surface area contributed by atoms with Gasteiger partial charge in [-0.3, -0.25) is 18.6 Å². The van der Waals surface area contributed by atoms with Crippen LogP contribution in [0, 0.1) is 6.92 Å². The zero-order valence-electron chi connectivity index (χ0n) is 16.7. The van der Waals surface area contributed by atoms with Gasteiger partial charge in [0.05, 0.1) is 18.5 Å². The highest BCUT2D eigenvalue weighted by atomic mass is 16.5. The van der Waals surface area contributed by atoms with Gasteiger partial charge in [0.2, 0.25) is 5.78 Å². The molecule has 0 radical (unpaired) electrons. The number of pyridine rings is 1. The minimum Gasteiger partial charge on any atom is -0.495 e. The summed E-state index contributed by atoms with van der Waals surface area (Å²) in [6, 6.07) is 10.7. The standard InChI is InChI=1S/C22H21N5O3/c1-15-9-13-27(17-6-3-4-7-18(17)30-2)21(29)19(15)20(28)23-11-8-16-14-26-12-5-10-24-22(26)25-16/h3-7,9-10,12-14H,8,11H2,1-2H3,(H,23,28). The van der Waals surface area contributed by atoms with Gasteiger partial charge in [-0.15, -0.1) is 0 Å². The first-order chi connectivity index (χ1) is 14.6. The summed E-state index contributed by atoms with van der Waals surface area (Å²) in [5, 5.41) is 2.83. The number of fused-ring (bicyclic) bond motifs is 1. The number of methoxy groups -OCH3 is 1. The number of benzene rings is 1. The molecule has 3 aromatic heterocycles. The van der Waals surface area contributed by atoms with Gasteiger partial charge in [0.25, 0.3) is 11.5 Å². The van der Waals surface area contributed by atoms with Crippen LogP contribution in [0.25, 0.3) is 11.5 Å². The van der Waals surface area contributed by atoms with Crippen LogP contribution < -0.4 is 15.6 Å². The molecule has 152 valence electrons. The summed E-state index contributed by atoms with van der Waals surface area (Å²) in [5.74, 6) is 0.747. The lowest BCUT2D eigenvalue weighted by Gasteiger charge is -2.13. The van der Waals surface area contributed by atoms with E-state index in [2.05, 4.69) is 15.3 Å². The topological polar surface area (TPSA) is 90.5 Å². The van der Waals surface area contributed by atoms with E-state index in [1.54, 1.807) is 44.6 Å². The molecule has 8 nitrogen and oxygen atoms in total. The molecule has 0 bridgehead atoms. The number of para-hydroxylation sites is 2. The first-order valence-corrected chi connectivity index (χ1v) is 9.51. The van der Waals surface area contributed by atoms with Gasteiger partial charge in [0.1, 0.15) is 11.3 Å². The van der Waals surface area contributed by atoms with Gasteiger partial charge in [-0.05, 0) is 36.8 Å². The van der Waals surface area contributed by atoms with E-state index in [0.717, 1.165) is 5.69 Å². The Bertz CT molecular complexity index is 1240. The second kappa shape index (κ2) is 8.20. The number of amides is 1. The molecule has 0 fully saturated rings. The Kier molecular flexibility index (Phi) is 5.30. The Balaban J connectivity index is 1.54. The lowest BCUT2D eigenvalue weighted by atomic mass is 10.1. The highest BCUT2D eigenvalue weighted by Crippen LogP contribution is 2.21. The lowest BCUT2D eigenvalue weighted by molar-refractivity contribution is 0.0951. The maximum Gasteiger partial charge on any atom is 0.268 e. The van der Waals surface area contributed by atoms with Crippen LogP contribution in [0.15, 0.2) is 66.0 Å². The van der Waals surface area contributed by atoms with E-state index in [4.69, 9.17) is 4.74 Å². The zero-order chi connectivity index (χ0) is 21.1. The van der Waals surface area contributed by atoms with Crippen LogP contribution in [0.1, 0.15) is 21.6 Å². The molecule has 1 amide bonds. The zero-order valence-corrected chi connectivity index (χ0v) is 16.7. The van der Waals surface area contributed by atoms with Crippen molar-refractivity contribution >= 4 is 11.7 Å². The molecule has 0 aliphatic rings. The third-order valence-corrected chi connectivity index (χ3v) is 4.82. The number of nitrogens with one attached hydrogen (secondary N) is 1. The average Bonchev–Trinajstić information content (AvgIpc) is 3.17. The fourth-order valence-electron chi connectivity index (χ4n) is 3.31. The quantitative estimate of drug-likeness (QED) is 0.533. The smallest absolute Gasteiger partial charge is 0.268 e. The maximum absolute atomic E-state index is 13.1. The number of hydrogen-bond donors (Lipinski definition) is 1. The Labute approximate surface area is 172 Å². The van der Waals surface area contributed by atoms with Crippen molar-refractivity contribution in [2.45, 2.75) is 13.3 Å². The van der Waals surface area contributed by atoms with Crippen molar-refractivity contribution in [3.63, 3.8) is 0 Å². The number of aromatic nitrogens is 4. The van der Waals surface area contributed by atoms with E-state index < -0.39 is 11.5 Å². The van der Waals surface area contributed by atoms with E-state index in [1.165, 1.54) is 4.57 Å². The lowest BCUT2D eigenvalue weighted by Crippen LogP contribution is -2.34. The van der Waals surface area contributed by atoms with Crippen molar-refractivity contribution in [1.29, 1.82) is 0 Å². The Morgan fingerprint density at radius 3 is 2.80 bits per heavy atom. The van der Waals surface area contributed by atoms with Crippen molar-refractivity contribution in [1.82, 2.24) is 24.3 Å². The van der Waals surface area contributed by atoms with E-state index in [1.807, 2.05) is 35.0 Å². The minimum absolute atomic E-state index is 0.111. The summed E-state index contributed by atoms with van der Waals surface area (Å²) >= 11 is 0. The van der Waals surface area contributed by atoms with Gasteiger partial charge in [-0.25, -0.2) is 9.97 Å². The molecule has 1 aromatic carbocycles. The molecule has 30 heavy (non-hydrogen) atoms. The molecule has 0 aliphatic heterocycles. The van der Waals surface area contributed by atoms with Gasteiger partial charge < -0.3 is 10.1 Å². The molecule has 0 aliphatic carbocycles. The number of ether oxygens (including phenoxy) is 1. The number of imidazole rings is 1. The third-order valence-electron chi connectivity index (χ3n) is 4.82. The highest BCUT2D eigenvalue weighted by molar-refractivity contribution is 5.95. The van der Waals surface area contributed by atoms with Crippen LogP contribution in [0.4, 0.5) is 0 Å².